The molecule has 24 heavy (non-hydrogen) atoms. The second-order valence-electron chi connectivity index (χ2n) is 7.32. The van der Waals surface area contributed by atoms with E-state index in [1.54, 1.807) is 12.1 Å². The minimum atomic E-state index is -1.43. The van der Waals surface area contributed by atoms with Gasteiger partial charge in [0.2, 0.25) is 0 Å². The molecule has 0 radical (unpaired) electrons. The van der Waals surface area contributed by atoms with Crippen molar-refractivity contribution in [3.05, 3.63) is 29.8 Å². The number of phenolic OH excluding ortho intramolecular Hbond substituents is 1. The van der Waals surface area contributed by atoms with Gasteiger partial charge in [-0.2, -0.15) is 0 Å². The van der Waals surface area contributed by atoms with Crippen molar-refractivity contribution in [3.8, 4) is 5.75 Å². The molecular weight excluding hydrogens is 306 g/mol. The molecule has 1 aromatic carbocycles. The van der Waals surface area contributed by atoms with Crippen molar-refractivity contribution in [1.29, 1.82) is 0 Å². The van der Waals surface area contributed by atoms with Crippen molar-refractivity contribution >= 4 is 11.7 Å². The van der Waals surface area contributed by atoms with Gasteiger partial charge in [-0.3, -0.25) is 9.59 Å². The van der Waals surface area contributed by atoms with Crippen LogP contribution in [-0.2, 0) is 4.79 Å². The van der Waals surface area contributed by atoms with Crippen molar-refractivity contribution < 1.29 is 19.8 Å². The first-order chi connectivity index (χ1) is 11.2. The van der Waals surface area contributed by atoms with Gasteiger partial charge < -0.3 is 15.5 Å². The zero-order valence-electron chi connectivity index (χ0n) is 14.6. The Morgan fingerprint density at radius 2 is 2.04 bits per heavy atom. The lowest BCUT2D eigenvalue weighted by Crippen LogP contribution is -2.56. The highest BCUT2D eigenvalue weighted by molar-refractivity contribution is 6.00. The van der Waals surface area contributed by atoms with E-state index in [4.69, 9.17) is 0 Å². The lowest BCUT2D eigenvalue weighted by atomic mass is 9.66. The Hall–Kier alpha value is -1.88. The maximum atomic E-state index is 12.6. The van der Waals surface area contributed by atoms with Gasteiger partial charge in [-0.1, -0.05) is 39.3 Å². The van der Waals surface area contributed by atoms with Crippen LogP contribution in [0.1, 0.15) is 50.4 Å². The minimum absolute atomic E-state index is 0.00628. The van der Waals surface area contributed by atoms with Gasteiger partial charge in [-0.05, 0) is 42.7 Å². The summed E-state index contributed by atoms with van der Waals surface area (Å²) in [6.07, 6.45) is 2.23. The first kappa shape index (κ1) is 18.5. The van der Waals surface area contributed by atoms with E-state index in [0.717, 1.165) is 12.8 Å². The predicted molar refractivity (Wildman–Crippen MR) is 91.7 cm³/mol. The maximum absolute atomic E-state index is 12.6. The number of ketones is 1. The lowest BCUT2D eigenvalue weighted by Gasteiger charge is -2.43. The van der Waals surface area contributed by atoms with Crippen molar-refractivity contribution in [3.63, 3.8) is 0 Å². The summed E-state index contributed by atoms with van der Waals surface area (Å²) >= 11 is 0. The van der Waals surface area contributed by atoms with E-state index in [-0.39, 0.29) is 35.8 Å². The van der Waals surface area contributed by atoms with Crippen molar-refractivity contribution in [1.82, 2.24) is 5.32 Å². The molecule has 0 aromatic heterocycles. The Morgan fingerprint density at radius 1 is 1.33 bits per heavy atom. The van der Waals surface area contributed by atoms with Gasteiger partial charge in [0.05, 0.1) is 6.54 Å². The zero-order chi connectivity index (χ0) is 17.9. The second-order valence-corrected chi connectivity index (χ2v) is 7.32. The smallest absolute Gasteiger partial charge is 0.252 e. The number of benzene rings is 1. The molecule has 1 fully saturated rings. The number of carbonyl (C=O) groups excluding carboxylic acids is 2. The molecule has 0 heterocycles. The Balaban J connectivity index is 2.05. The Labute approximate surface area is 143 Å². The third-order valence-corrected chi connectivity index (χ3v) is 5.02. The molecule has 0 spiro atoms. The maximum Gasteiger partial charge on any atom is 0.252 e. The van der Waals surface area contributed by atoms with E-state index in [1.165, 1.54) is 12.1 Å². The third-order valence-electron chi connectivity index (χ3n) is 5.02. The molecule has 1 aliphatic rings. The van der Waals surface area contributed by atoms with Gasteiger partial charge in [0, 0.05) is 5.56 Å². The predicted octanol–water partition coefficient (Wildman–Crippen LogP) is 2.51. The van der Waals surface area contributed by atoms with E-state index >= 15 is 0 Å². The average Bonchev–Trinajstić information content (AvgIpc) is 2.51. The van der Waals surface area contributed by atoms with Gasteiger partial charge in [0.1, 0.15) is 11.4 Å². The fourth-order valence-electron chi connectivity index (χ4n) is 3.73. The largest absolute Gasteiger partial charge is 0.508 e. The van der Waals surface area contributed by atoms with Crippen LogP contribution in [-0.4, -0.2) is 34.0 Å². The summed E-state index contributed by atoms with van der Waals surface area (Å²) < 4.78 is 0. The summed E-state index contributed by atoms with van der Waals surface area (Å²) in [5.74, 6) is -0.405. The molecule has 0 aliphatic heterocycles. The molecule has 1 aromatic rings. The molecule has 1 saturated carbocycles. The Bertz CT molecular complexity index is 613. The highest BCUT2D eigenvalue weighted by atomic mass is 16.3. The SMILES string of the molecule is CC1CCC(C(C)C)C(O)(C(=O)NCC(=O)c2cccc(O)c2)C1. The van der Waals surface area contributed by atoms with Crippen LogP contribution in [0, 0.1) is 17.8 Å². The van der Waals surface area contributed by atoms with Gasteiger partial charge in [0.15, 0.2) is 5.78 Å². The first-order valence-corrected chi connectivity index (χ1v) is 8.57. The number of amides is 1. The number of rotatable bonds is 5. The van der Waals surface area contributed by atoms with Gasteiger partial charge in [-0.25, -0.2) is 0 Å². The van der Waals surface area contributed by atoms with Crippen molar-refractivity contribution in [2.24, 2.45) is 17.8 Å². The molecule has 3 unspecified atom stereocenters. The second kappa shape index (κ2) is 7.34. The number of nitrogens with one attached hydrogen (secondary N) is 1. The van der Waals surface area contributed by atoms with Crippen molar-refractivity contribution in [2.45, 2.75) is 45.6 Å². The fraction of sp³-hybridized carbons (Fsp3) is 0.579. The quantitative estimate of drug-likeness (QED) is 0.723. The number of hydrogen-bond acceptors (Lipinski definition) is 4. The van der Waals surface area contributed by atoms with Gasteiger partial charge >= 0.3 is 0 Å². The van der Waals surface area contributed by atoms with Crippen LogP contribution in [0.15, 0.2) is 24.3 Å². The molecule has 2 rings (SSSR count). The van der Waals surface area contributed by atoms with Crippen molar-refractivity contribution in [2.75, 3.05) is 6.54 Å². The van der Waals surface area contributed by atoms with Crippen LogP contribution in [0.25, 0.3) is 0 Å². The van der Waals surface area contributed by atoms with Crippen LogP contribution >= 0.6 is 0 Å². The van der Waals surface area contributed by atoms with Crippen LogP contribution in [0.5, 0.6) is 5.75 Å². The van der Waals surface area contributed by atoms with Crippen LogP contribution in [0.2, 0.25) is 0 Å². The number of phenols is 1. The van der Waals surface area contributed by atoms with Gasteiger partial charge in [-0.15, -0.1) is 0 Å². The Morgan fingerprint density at radius 3 is 2.67 bits per heavy atom. The highest BCUT2D eigenvalue weighted by Gasteiger charge is 2.48. The minimum Gasteiger partial charge on any atom is -0.508 e. The number of aliphatic hydroxyl groups is 1. The summed E-state index contributed by atoms with van der Waals surface area (Å²) in [4.78, 5) is 24.8. The van der Waals surface area contributed by atoms with E-state index < -0.39 is 11.5 Å². The summed E-state index contributed by atoms with van der Waals surface area (Å²) in [5.41, 5.74) is -1.09. The molecule has 3 N–H and O–H groups in total. The van der Waals surface area contributed by atoms with Crippen LogP contribution in [0.4, 0.5) is 0 Å². The monoisotopic (exact) mass is 333 g/mol. The molecule has 1 amide bonds. The lowest BCUT2D eigenvalue weighted by molar-refractivity contribution is -0.155. The van der Waals surface area contributed by atoms with Crippen LogP contribution < -0.4 is 5.32 Å². The van der Waals surface area contributed by atoms with E-state index in [2.05, 4.69) is 5.32 Å². The van der Waals surface area contributed by atoms with Gasteiger partial charge in [0.25, 0.3) is 5.91 Å². The van der Waals surface area contributed by atoms with E-state index in [1.807, 2.05) is 20.8 Å². The zero-order valence-corrected chi connectivity index (χ0v) is 14.6. The highest BCUT2D eigenvalue weighted by Crippen LogP contribution is 2.41. The fourth-order valence-corrected chi connectivity index (χ4v) is 3.73. The average molecular weight is 333 g/mol. The number of hydrogen-bond donors (Lipinski definition) is 3. The number of aromatic hydroxyl groups is 1. The molecule has 3 atom stereocenters. The summed E-state index contributed by atoms with van der Waals surface area (Å²) in [6.45, 7) is 5.87. The topological polar surface area (TPSA) is 86.6 Å². The molecule has 132 valence electrons. The molecule has 0 saturated heterocycles. The molecule has 5 heteroatoms. The summed E-state index contributed by atoms with van der Waals surface area (Å²) in [5, 5.41) is 23.0. The first-order valence-electron chi connectivity index (χ1n) is 8.57. The standard InChI is InChI=1S/C19H27NO4/c1-12(2)16-8-7-13(3)10-19(16,24)18(23)20-11-17(22)14-5-4-6-15(21)9-14/h4-6,9,12-13,16,21,24H,7-8,10-11H2,1-3H3,(H,20,23). The number of Topliss-reactive ketones (excluding diaryl/α,β-unsaturated/α-hetero) is 1. The molecule has 5 nitrogen and oxygen atoms in total. The number of carbonyl (C=O) groups is 2. The molecular formula is C19H27NO4. The Kier molecular flexibility index (Phi) is 5.65. The molecule has 0 bridgehead atoms. The summed E-state index contributed by atoms with van der Waals surface area (Å²) in [7, 11) is 0. The third kappa shape index (κ3) is 3.96. The molecule has 1 aliphatic carbocycles. The normalized spacial score (nSPS) is 27.0. The van der Waals surface area contributed by atoms with Crippen LogP contribution in [0.3, 0.4) is 0 Å². The van der Waals surface area contributed by atoms with E-state index in [9.17, 15) is 19.8 Å². The summed E-state index contributed by atoms with van der Waals surface area (Å²) in [6, 6.07) is 6.01. The van der Waals surface area contributed by atoms with E-state index in [0.29, 0.717) is 12.0 Å².